The minimum absolute atomic E-state index is 0.291. The molecule has 3 rings (SSSR count). The lowest BCUT2D eigenvalue weighted by molar-refractivity contribution is 0.222. The lowest BCUT2D eigenvalue weighted by Crippen LogP contribution is -2.13. The van der Waals surface area contributed by atoms with Gasteiger partial charge in [-0.1, -0.05) is 83.5 Å². The smallest absolute Gasteiger partial charge is 0.0502 e. The summed E-state index contributed by atoms with van der Waals surface area (Å²) in [5.41, 5.74) is 2.57. The van der Waals surface area contributed by atoms with E-state index in [1.54, 1.807) is 0 Å². The molecule has 0 spiro atoms. The average Bonchev–Trinajstić information content (AvgIpc) is 3.00. The van der Waals surface area contributed by atoms with E-state index in [9.17, 15) is 5.11 Å². The van der Waals surface area contributed by atoms with Crippen LogP contribution in [0.1, 0.15) is 58.8 Å². The molecule has 0 aliphatic heterocycles. The van der Waals surface area contributed by atoms with Crippen LogP contribution in [0.15, 0.2) is 45.3 Å². The number of aromatic nitrogens is 1. The normalized spacial score (nSPS) is 14.0. The quantitative estimate of drug-likeness (QED) is 0.269. The molecule has 2 atom stereocenters. The maximum absolute atomic E-state index is 9.65. The molecule has 158 valence electrons. The van der Waals surface area contributed by atoms with Crippen LogP contribution in [0.5, 0.6) is 0 Å². The lowest BCUT2D eigenvalue weighted by atomic mass is 9.85. The molecule has 29 heavy (non-hydrogen) atoms. The molecule has 0 bridgehead atoms. The van der Waals surface area contributed by atoms with Gasteiger partial charge in [0, 0.05) is 32.9 Å². The van der Waals surface area contributed by atoms with Crippen molar-refractivity contribution < 1.29 is 5.11 Å². The highest BCUT2D eigenvalue weighted by atomic mass is 79.9. The molecule has 1 N–H and O–H groups in total. The summed E-state index contributed by atoms with van der Waals surface area (Å²) < 4.78 is 4.70. The maximum Gasteiger partial charge on any atom is 0.0502 e. The van der Waals surface area contributed by atoms with Gasteiger partial charge in [0.05, 0.1) is 11.0 Å². The molecule has 1 heterocycles. The van der Waals surface area contributed by atoms with Crippen LogP contribution < -0.4 is 0 Å². The van der Waals surface area contributed by atoms with E-state index in [2.05, 4.69) is 86.7 Å². The number of aryl methyl sites for hydroxylation is 1. The van der Waals surface area contributed by atoms with Crippen molar-refractivity contribution in [1.82, 2.24) is 4.57 Å². The van der Waals surface area contributed by atoms with Crippen molar-refractivity contribution in [1.29, 1.82) is 0 Å². The van der Waals surface area contributed by atoms with Crippen molar-refractivity contribution in [3.05, 3.63) is 45.3 Å². The Labute approximate surface area is 191 Å². The van der Waals surface area contributed by atoms with Gasteiger partial charge < -0.3 is 9.67 Å². The number of benzene rings is 2. The van der Waals surface area contributed by atoms with Gasteiger partial charge in [-0.05, 0) is 55.4 Å². The van der Waals surface area contributed by atoms with Crippen molar-refractivity contribution in [3.8, 4) is 0 Å². The minimum Gasteiger partial charge on any atom is -0.396 e. The van der Waals surface area contributed by atoms with Gasteiger partial charge in [-0.25, -0.2) is 0 Å². The molecule has 0 aliphatic carbocycles. The first-order valence-electron chi connectivity index (χ1n) is 11.0. The number of rotatable bonds is 11. The summed E-state index contributed by atoms with van der Waals surface area (Å²) in [6.45, 7) is 5.87. The van der Waals surface area contributed by atoms with Crippen LogP contribution in [0.25, 0.3) is 21.8 Å². The molecule has 2 nitrogen and oxygen atoms in total. The second kappa shape index (κ2) is 11.0. The summed E-state index contributed by atoms with van der Waals surface area (Å²) in [7, 11) is 0. The second-order valence-electron chi connectivity index (χ2n) is 8.29. The van der Waals surface area contributed by atoms with Crippen molar-refractivity contribution in [2.45, 2.75) is 65.3 Å². The third-order valence-corrected chi connectivity index (χ3v) is 7.29. The van der Waals surface area contributed by atoms with Crippen LogP contribution in [0, 0.1) is 11.8 Å². The first-order chi connectivity index (χ1) is 14.1. The number of aliphatic hydroxyl groups is 1. The number of halogens is 2. The second-order valence-corrected chi connectivity index (χ2v) is 10.1. The molecule has 0 fully saturated rings. The Morgan fingerprint density at radius 2 is 1.48 bits per heavy atom. The van der Waals surface area contributed by atoms with Crippen LogP contribution in [-0.4, -0.2) is 16.3 Å². The largest absolute Gasteiger partial charge is 0.396 e. The highest BCUT2D eigenvalue weighted by molar-refractivity contribution is 9.10. The fourth-order valence-corrected chi connectivity index (χ4v) is 5.31. The molecular weight excluding hydrogens is 490 g/mol. The highest BCUT2D eigenvalue weighted by Crippen LogP contribution is 2.34. The van der Waals surface area contributed by atoms with E-state index in [4.69, 9.17) is 0 Å². The molecule has 0 amide bonds. The first-order valence-corrected chi connectivity index (χ1v) is 12.6. The molecular formula is C25H33Br2NO. The third kappa shape index (κ3) is 5.65. The zero-order valence-corrected chi connectivity index (χ0v) is 20.8. The number of unbranched alkanes of at least 4 members (excludes halogenated alkanes) is 1. The standard InChI is InChI=1S/C25H33Br2NO/c1-3-5-6-18(4-2)15-19(12-14-29)11-13-28-24-16-20(26)7-9-22(24)23-10-8-21(27)17-25(23)28/h7-10,16-19,29H,3-6,11-15H2,1-2H3. The topological polar surface area (TPSA) is 25.2 Å². The Balaban J connectivity index is 1.86. The van der Waals surface area contributed by atoms with Gasteiger partial charge in [0.1, 0.15) is 0 Å². The Morgan fingerprint density at radius 3 is 2.00 bits per heavy atom. The Hall–Kier alpha value is -0.840. The van der Waals surface area contributed by atoms with Gasteiger partial charge in [0.25, 0.3) is 0 Å². The van der Waals surface area contributed by atoms with E-state index in [0.29, 0.717) is 12.5 Å². The van der Waals surface area contributed by atoms with Gasteiger partial charge in [-0.15, -0.1) is 0 Å². The zero-order valence-electron chi connectivity index (χ0n) is 17.6. The van der Waals surface area contributed by atoms with E-state index in [0.717, 1.165) is 34.2 Å². The minimum atomic E-state index is 0.291. The van der Waals surface area contributed by atoms with Crippen LogP contribution in [-0.2, 0) is 6.54 Å². The molecule has 3 aromatic rings. The van der Waals surface area contributed by atoms with Gasteiger partial charge in [0.15, 0.2) is 0 Å². The SMILES string of the molecule is CCCCC(CC)CC(CCO)CCn1c2cc(Br)ccc2c2ccc(Br)cc21. The molecule has 4 heteroatoms. The summed E-state index contributed by atoms with van der Waals surface area (Å²) in [5.74, 6) is 1.36. The molecule has 0 aliphatic rings. The van der Waals surface area contributed by atoms with E-state index >= 15 is 0 Å². The highest BCUT2D eigenvalue weighted by Gasteiger charge is 2.17. The predicted octanol–water partition coefficient (Wildman–Crippen LogP) is 8.31. The first kappa shape index (κ1) is 22.8. The Kier molecular flexibility index (Phi) is 8.64. The monoisotopic (exact) mass is 521 g/mol. The number of aliphatic hydroxyl groups excluding tert-OH is 1. The van der Waals surface area contributed by atoms with E-state index in [1.807, 2.05) is 0 Å². The number of nitrogens with zero attached hydrogens (tertiary/aromatic N) is 1. The average molecular weight is 523 g/mol. The van der Waals surface area contributed by atoms with E-state index < -0.39 is 0 Å². The molecule has 2 aromatic carbocycles. The summed E-state index contributed by atoms with van der Waals surface area (Å²) in [6.07, 6.45) is 8.42. The van der Waals surface area contributed by atoms with Crippen LogP contribution >= 0.6 is 31.9 Å². The van der Waals surface area contributed by atoms with Gasteiger partial charge in [-0.3, -0.25) is 0 Å². The van der Waals surface area contributed by atoms with Crippen molar-refractivity contribution in [2.24, 2.45) is 11.8 Å². The van der Waals surface area contributed by atoms with Gasteiger partial charge in [-0.2, -0.15) is 0 Å². The summed E-state index contributed by atoms with van der Waals surface area (Å²) in [4.78, 5) is 0. The predicted molar refractivity (Wildman–Crippen MR) is 133 cm³/mol. The number of fused-ring (bicyclic) bond motifs is 3. The Bertz CT molecular complexity index is 874. The summed E-state index contributed by atoms with van der Waals surface area (Å²) in [5, 5.41) is 12.3. The van der Waals surface area contributed by atoms with Crippen molar-refractivity contribution in [2.75, 3.05) is 6.61 Å². The molecule has 1 aromatic heterocycles. The van der Waals surface area contributed by atoms with Crippen LogP contribution in [0.3, 0.4) is 0 Å². The maximum atomic E-state index is 9.65. The fraction of sp³-hybridized carbons (Fsp3) is 0.520. The Morgan fingerprint density at radius 1 is 0.862 bits per heavy atom. The van der Waals surface area contributed by atoms with Crippen LogP contribution in [0.2, 0.25) is 0 Å². The van der Waals surface area contributed by atoms with Crippen molar-refractivity contribution >= 4 is 53.7 Å². The fourth-order valence-electron chi connectivity index (χ4n) is 4.61. The van der Waals surface area contributed by atoms with E-state index in [1.165, 1.54) is 53.9 Å². The number of hydrogen-bond donors (Lipinski definition) is 1. The van der Waals surface area contributed by atoms with Gasteiger partial charge in [0.2, 0.25) is 0 Å². The summed E-state index contributed by atoms with van der Waals surface area (Å²) >= 11 is 7.31. The summed E-state index contributed by atoms with van der Waals surface area (Å²) in [6, 6.07) is 13.2. The van der Waals surface area contributed by atoms with E-state index in [-0.39, 0.29) is 0 Å². The third-order valence-electron chi connectivity index (χ3n) is 6.30. The van der Waals surface area contributed by atoms with Crippen LogP contribution in [0.4, 0.5) is 0 Å². The van der Waals surface area contributed by atoms with Crippen molar-refractivity contribution in [3.63, 3.8) is 0 Å². The molecule has 2 unspecified atom stereocenters. The molecule has 0 saturated carbocycles. The number of hydrogen-bond acceptors (Lipinski definition) is 1. The zero-order chi connectivity index (χ0) is 20.8. The molecule has 0 radical (unpaired) electrons. The lowest BCUT2D eigenvalue weighted by Gasteiger charge is -2.23. The van der Waals surface area contributed by atoms with Gasteiger partial charge >= 0.3 is 0 Å². The molecule has 0 saturated heterocycles.